The van der Waals surface area contributed by atoms with E-state index < -0.39 is 5.60 Å². The van der Waals surface area contributed by atoms with Crippen LogP contribution in [0.15, 0.2) is 46.3 Å². The lowest BCUT2D eigenvalue weighted by atomic mass is 9.95. The van der Waals surface area contributed by atoms with E-state index in [4.69, 9.17) is 0 Å². The van der Waals surface area contributed by atoms with Gasteiger partial charge in [0.2, 0.25) is 0 Å². The predicted molar refractivity (Wildman–Crippen MR) is 87.4 cm³/mol. The molecule has 5 heteroatoms. The van der Waals surface area contributed by atoms with Gasteiger partial charge in [-0.25, -0.2) is 0 Å². The van der Waals surface area contributed by atoms with E-state index in [2.05, 4.69) is 21.2 Å². The second-order valence-electron chi connectivity index (χ2n) is 5.37. The summed E-state index contributed by atoms with van der Waals surface area (Å²) in [4.78, 5) is 13.1. The molecule has 1 aliphatic carbocycles. The second-order valence-corrected chi connectivity index (χ2v) is 7.23. The van der Waals surface area contributed by atoms with Gasteiger partial charge in [0.25, 0.3) is 5.91 Å². The van der Waals surface area contributed by atoms with E-state index in [1.807, 2.05) is 29.6 Å². The molecule has 110 valence electrons. The van der Waals surface area contributed by atoms with Crippen molar-refractivity contribution in [3.8, 4) is 0 Å². The molecule has 1 fully saturated rings. The van der Waals surface area contributed by atoms with E-state index in [1.54, 1.807) is 23.5 Å². The first-order valence-corrected chi connectivity index (χ1v) is 8.57. The van der Waals surface area contributed by atoms with Gasteiger partial charge in [-0.05, 0) is 54.5 Å². The molecule has 1 aromatic carbocycles. The molecule has 0 spiro atoms. The third kappa shape index (κ3) is 3.20. The van der Waals surface area contributed by atoms with Crippen molar-refractivity contribution in [2.24, 2.45) is 5.92 Å². The van der Waals surface area contributed by atoms with Crippen LogP contribution in [0.4, 0.5) is 0 Å². The van der Waals surface area contributed by atoms with Crippen molar-refractivity contribution in [2.75, 3.05) is 6.54 Å². The smallest absolute Gasteiger partial charge is 0.251 e. The van der Waals surface area contributed by atoms with Crippen molar-refractivity contribution >= 4 is 33.2 Å². The number of amides is 1. The van der Waals surface area contributed by atoms with E-state index in [0.29, 0.717) is 5.56 Å². The van der Waals surface area contributed by atoms with Gasteiger partial charge in [-0.1, -0.05) is 22.0 Å². The first-order valence-electron chi connectivity index (χ1n) is 6.90. The summed E-state index contributed by atoms with van der Waals surface area (Å²) in [6.07, 6.45) is 2.03. The summed E-state index contributed by atoms with van der Waals surface area (Å²) in [7, 11) is 0. The lowest BCUT2D eigenvalue weighted by Gasteiger charge is -2.27. The van der Waals surface area contributed by atoms with Crippen LogP contribution in [0.25, 0.3) is 0 Å². The zero-order valence-electron chi connectivity index (χ0n) is 11.4. The third-order valence-electron chi connectivity index (χ3n) is 3.83. The van der Waals surface area contributed by atoms with Crippen LogP contribution in [0.1, 0.15) is 28.1 Å². The molecule has 3 rings (SSSR count). The summed E-state index contributed by atoms with van der Waals surface area (Å²) < 4.78 is 0.937. The quantitative estimate of drug-likeness (QED) is 0.851. The number of rotatable bonds is 5. The van der Waals surface area contributed by atoms with Crippen molar-refractivity contribution in [3.63, 3.8) is 0 Å². The minimum atomic E-state index is -0.931. The van der Waals surface area contributed by atoms with E-state index in [0.717, 1.165) is 22.2 Å². The molecule has 3 nitrogen and oxygen atoms in total. The number of benzene rings is 1. The highest BCUT2D eigenvalue weighted by Crippen LogP contribution is 2.46. The summed E-state index contributed by atoms with van der Waals surface area (Å²) >= 11 is 4.89. The minimum absolute atomic E-state index is 0.155. The van der Waals surface area contributed by atoms with Gasteiger partial charge in [0.05, 0.1) is 6.54 Å². The topological polar surface area (TPSA) is 49.3 Å². The highest BCUT2D eigenvalue weighted by atomic mass is 79.9. The Labute approximate surface area is 136 Å². The van der Waals surface area contributed by atoms with Crippen LogP contribution in [0.5, 0.6) is 0 Å². The molecule has 1 unspecified atom stereocenters. The number of halogens is 1. The van der Waals surface area contributed by atoms with Crippen molar-refractivity contribution in [1.29, 1.82) is 0 Å². The fourth-order valence-corrected chi connectivity index (χ4v) is 3.60. The zero-order chi connectivity index (χ0) is 14.9. The van der Waals surface area contributed by atoms with Gasteiger partial charge in [-0.2, -0.15) is 0 Å². The van der Waals surface area contributed by atoms with Gasteiger partial charge in [-0.15, -0.1) is 11.3 Å². The second kappa shape index (κ2) is 5.91. The normalized spacial score (nSPS) is 17.2. The maximum Gasteiger partial charge on any atom is 0.251 e. The Morgan fingerprint density at radius 1 is 1.33 bits per heavy atom. The maximum absolute atomic E-state index is 12.2. The molecule has 0 saturated heterocycles. The lowest BCUT2D eigenvalue weighted by molar-refractivity contribution is 0.0169. The number of hydrogen-bond acceptors (Lipinski definition) is 3. The number of carbonyl (C=O) groups excluding carboxylic acids is 1. The summed E-state index contributed by atoms with van der Waals surface area (Å²) in [5.41, 5.74) is -0.332. The zero-order valence-corrected chi connectivity index (χ0v) is 13.8. The molecule has 1 aromatic heterocycles. The molecule has 21 heavy (non-hydrogen) atoms. The summed E-state index contributed by atoms with van der Waals surface area (Å²) in [5.74, 6) is 0.0968. The maximum atomic E-state index is 12.2. The molecule has 2 aromatic rings. The number of aliphatic hydroxyl groups is 1. The van der Waals surface area contributed by atoms with Crippen LogP contribution in [-0.2, 0) is 5.60 Å². The Morgan fingerprint density at radius 3 is 2.62 bits per heavy atom. The molecular formula is C16H16BrNO2S. The van der Waals surface area contributed by atoms with Crippen LogP contribution in [0, 0.1) is 5.92 Å². The molecule has 1 aliphatic rings. The molecule has 1 amide bonds. The first-order chi connectivity index (χ1) is 10.1. The standard InChI is InChI=1S/C16H16BrNO2S/c17-13-7-3-11(4-8-13)15(19)18-10-16(20,12-5-6-12)14-2-1-9-21-14/h1-4,7-9,12,20H,5-6,10H2,(H,18,19). The van der Waals surface area contributed by atoms with Gasteiger partial charge in [0, 0.05) is 14.9 Å². The van der Waals surface area contributed by atoms with Crippen molar-refractivity contribution in [1.82, 2.24) is 5.32 Å². The van der Waals surface area contributed by atoms with Gasteiger partial charge in [-0.3, -0.25) is 4.79 Å². The molecule has 2 N–H and O–H groups in total. The number of thiophene rings is 1. The largest absolute Gasteiger partial charge is 0.382 e. The average Bonchev–Trinajstić information content (AvgIpc) is 3.20. The molecule has 0 aliphatic heterocycles. The Balaban J connectivity index is 1.70. The van der Waals surface area contributed by atoms with Crippen LogP contribution in [-0.4, -0.2) is 17.6 Å². The Kier molecular flexibility index (Phi) is 4.15. The van der Waals surface area contributed by atoms with E-state index in [9.17, 15) is 9.90 Å². The monoisotopic (exact) mass is 365 g/mol. The van der Waals surface area contributed by atoms with Crippen LogP contribution < -0.4 is 5.32 Å². The van der Waals surface area contributed by atoms with Gasteiger partial charge in [0.15, 0.2) is 0 Å². The fourth-order valence-electron chi connectivity index (χ4n) is 2.44. The molecule has 0 radical (unpaired) electrons. The van der Waals surface area contributed by atoms with Crippen molar-refractivity contribution < 1.29 is 9.90 Å². The van der Waals surface area contributed by atoms with Crippen LogP contribution >= 0.6 is 27.3 Å². The number of nitrogens with one attached hydrogen (secondary N) is 1. The van der Waals surface area contributed by atoms with Crippen molar-refractivity contribution in [3.05, 3.63) is 56.7 Å². The van der Waals surface area contributed by atoms with Gasteiger partial charge < -0.3 is 10.4 Å². The molecule has 1 saturated carbocycles. The Morgan fingerprint density at radius 2 is 2.05 bits per heavy atom. The average molecular weight is 366 g/mol. The van der Waals surface area contributed by atoms with Crippen molar-refractivity contribution in [2.45, 2.75) is 18.4 Å². The van der Waals surface area contributed by atoms with Crippen LogP contribution in [0.3, 0.4) is 0 Å². The highest BCUT2D eigenvalue weighted by molar-refractivity contribution is 9.10. The SMILES string of the molecule is O=C(NCC(O)(c1cccs1)C1CC1)c1ccc(Br)cc1. The Bertz CT molecular complexity index is 622. The first kappa shape index (κ1) is 14.8. The number of hydrogen-bond donors (Lipinski definition) is 2. The molecule has 1 heterocycles. The lowest BCUT2D eigenvalue weighted by Crippen LogP contribution is -2.42. The van der Waals surface area contributed by atoms with E-state index in [1.165, 1.54) is 0 Å². The van der Waals surface area contributed by atoms with Gasteiger partial charge in [0.1, 0.15) is 5.60 Å². The summed E-state index contributed by atoms with van der Waals surface area (Å²) in [6.45, 7) is 0.257. The van der Waals surface area contributed by atoms with Crippen LogP contribution in [0.2, 0.25) is 0 Å². The number of carbonyl (C=O) groups is 1. The highest BCUT2D eigenvalue weighted by Gasteiger charge is 2.45. The molecule has 0 bridgehead atoms. The fraction of sp³-hybridized carbons (Fsp3) is 0.312. The summed E-state index contributed by atoms with van der Waals surface area (Å²) in [6, 6.07) is 11.1. The van der Waals surface area contributed by atoms with E-state index in [-0.39, 0.29) is 18.4 Å². The minimum Gasteiger partial charge on any atom is -0.382 e. The van der Waals surface area contributed by atoms with E-state index >= 15 is 0 Å². The third-order valence-corrected chi connectivity index (χ3v) is 5.39. The summed E-state index contributed by atoms with van der Waals surface area (Å²) in [5, 5.41) is 15.8. The molecule has 1 atom stereocenters. The predicted octanol–water partition coefficient (Wildman–Crippen LogP) is 3.54. The van der Waals surface area contributed by atoms with Gasteiger partial charge >= 0.3 is 0 Å². The Hall–Kier alpha value is -1.17. The molecular weight excluding hydrogens is 350 g/mol.